The zero-order valence-corrected chi connectivity index (χ0v) is 11.4. The van der Waals surface area contributed by atoms with Crippen LogP contribution in [0.1, 0.15) is 24.8 Å². The molecule has 2 rings (SSSR count). The van der Waals surface area contributed by atoms with Crippen molar-refractivity contribution >= 4 is 15.5 Å². The van der Waals surface area contributed by atoms with Gasteiger partial charge in [-0.3, -0.25) is 0 Å². The van der Waals surface area contributed by atoms with Gasteiger partial charge in [-0.25, -0.2) is 12.8 Å². The van der Waals surface area contributed by atoms with Gasteiger partial charge in [-0.05, 0) is 43.9 Å². The zero-order chi connectivity index (χ0) is 13.3. The van der Waals surface area contributed by atoms with Crippen molar-refractivity contribution in [2.24, 2.45) is 0 Å². The molecule has 2 unspecified atom stereocenters. The van der Waals surface area contributed by atoms with E-state index in [1.165, 1.54) is 12.3 Å². The third-order valence-electron chi connectivity index (χ3n) is 3.47. The summed E-state index contributed by atoms with van der Waals surface area (Å²) in [5.74, 6) is -0.334. The lowest BCUT2D eigenvalue weighted by molar-refractivity contribution is 0.577. The molecule has 5 heteroatoms. The molecular formula is C13H18FNO2S. The number of hydrogen-bond donors (Lipinski definition) is 1. The van der Waals surface area contributed by atoms with Gasteiger partial charge < -0.3 is 5.32 Å². The summed E-state index contributed by atoms with van der Waals surface area (Å²) in [5, 5.41) is 2.65. The average Bonchev–Trinajstić information content (AvgIpc) is 2.71. The van der Waals surface area contributed by atoms with Crippen molar-refractivity contribution in [3.63, 3.8) is 0 Å². The number of hydrogen-bond acceptors (Lipinski definition) is 3. The Balaban J connectivity index is 2.21. The molecule has 1 aliphatic carbocycles. The number of halogens is 1. The number of aryl methyl sites for hydroxylation is 1. The van der Waals surface area contributed by atoms with Crippen LogP contribution in [0.3, 0.4) is 0 Å². The summed E-state index contributed by atoms with van der Waals surface area (Å²) in [4.78, 5) is 0. The Morgan fingerprint density at radius 3 is 2.72 bits per heavy atom. The summed E-state index contributed by atoms with van der Waals surface area (Å²) in [5.41, 5.74) is 1.35. The van der Waals surface area contributed by atoms with E-state index in [-0.39, 0.29) is 11.9 Å². The van der Waals surface area contributed by atoms with Crippen molar-refractivity contribution in [3.05, 3.63) is 29.6 Å². The van der Waals surface area contributed by atoms with Crippen molar-refractivity contribution in [2.45, 2.75) is 37.5 Å². The van der Waals surface area contributed by atoms with Crippen LogP contribution >= 0.6 is 0 Å². The normalized spacial score (nSPS) is 24.2. The second kappa shape index (κ2) is 4.88. The highest BCUT2D eigenvalue weighted by Crippen LogP contribution is 2.29. The molecule has 1 fully saturated rings. The van der Waals surface area contributed by atoms with Gasteiger partial charge >= 0.3 is 0 Å². The molecule has 18 heavy (non-hydrogen) atoms. The molecule has 0 radical (unpaired) electrons. The van der Waals surface area contributed by atoms with Gasteiger partial charge in [0.1, 0.15) is 5.82 Å². The average molecular weight is 271 g/mol. The second-order valence-electron chi connectivity index (χ2n) is 5.03. The maximum atomic E-state index is 13.6. The Bertz CT molecular complexity index is 542. The molecule has 1 N–H and O–H groups in total. The van der Waals surface area contributed by atoms with E-state index in [0.29, 0.717) is 12.1 Å². The smallest absolute Gasteiger partial charge is 0.152 e. The molecule has 3 nitrogen and oxygen atoms in total. The summed E-state index contributed by atoms with van der Waals surface area (Å²) in [6.07, 6.45) is 3.54. The van der Waals surface area contributed by atoms with Crippen molar-refractivity contribution in [3.8, 4) is 0 Å². The van der Waals surface area contributed by atoms with Gasteiger partial charge in [-0.2, -0.15) is 0 Å². The van der Waals surface area contributed by atoms with Crippen LogP contribution in [0.2, 0.25) is 0 Å². The number of benzene rings is 1. The molecule has 0 heterocycles. The van der Waals surface area contributed by atoms with E-state index < -0.39 is 15.1 Å². The van der Waals surface area contributed by atoms with Crippen molar-refractivity contribution < 1.29 is 12.8 Å². The van der Waals surface area contributed by atoms with E-state index in [4.69, 9.17) is 0 Å². The standard InChI is InChI=1S/C13H18FNO2S/c1-9-6-7-10(14)12(8-9)15-11-4-3-5-13(11)18(2,16)17/h6-8,11,13,15H,3-5H2,1-2H3. The van der Waals surface area contributed by atoms with Crippen LogP contribution in [0, 0.1) is 12.7 Å². The van der Waals surface area contributed by atoms with Crippen molar-refractivity contribution in [2.75, 3.05) is 11.6 Å². The summed E-state index contributed by atoms with van der Waals surface area (Å²) in [7, 11) is -3.08. The Labute approximate surface area is 107 Å². The molecule has 1 aliphatic rings. The lowest BCUT2D eigenvalue weighted by Gasteiger charge is -2.21. The monoisotopic (exact) mass is 271 g/mol. The summed E-state index contributed by atoms with van der Waals surface area (Å²) >= 11 is 0. The fourth-order valence-corrected chi connectivity index (χ4v) is 3.95. The number of nitrogens with one attached hydrogen (secondary N) is 1. The summed E-state index contributed by atoms with van der Waals surface area (Å²) in [6.45, 7) is 1.88. The SMILES string of the molecule is Cc1ccc(F)c(NC2CCCC2S(C)(=O)=O)c1. The van der Waals surface area contributed by atoms with E-state index in [9.17, 15) is 12.8 Å². The first-order chi connectivity index (χ1) is 8.38. The first kappa shape index (κ1) is 13.3. The second-order valence-corrected chi connectivity index (χ2v) is 7.30. The predicted molar refractivity (Wildman–Crippen MR) is 71.0 cm³/mol. The van der Waals surface area contributed by atoms with Crippen LogP contribution in [-0.2, 0) is 9.84 Å². The van der Waals surface area contributed by atoms with Crippen LogP contribution < -0.4 is 5.32 Å². The first-order valence-electron chi connectivity index (χ1n) is 6.09. The molecule has 0 saturated heterocycles. The fourth-order valence-electron chi connectivity index (χ4n) is 2.55. The largest absolute Gasteiger partial charge is 0.379 e. The summed E-state index contributed by atoms with van der Waals surface area (Å²) in [6, 6.07) is 4.63. The van der Waals surface area contributed by atoms with Gasteiger partial charge in [-0.15, -0.1) is 0 Å². The molecule has 0 spiro atoms. The van der Waals surface area contributed by atoms with Crippen LogP contribution in [0.5, 0.6) is 0 Å². The maximum Gasteiger partial charge on any atom is 0.152 e. The third kappa shape index (κ3) is 2.83. The molecule has 0 aliphatic heterocycles. The molecule has 1 aromatic rings. The maximum absolute atomic E-state index is 13.6. The lowest BCUT2D eigenvalue weighted by atomic mass is 10.2. The summed E-state index contributed by atoms with van der Waals surface area (Å²) < 4.78 is 36.9. The van der Waals surface area contributed by atoms with Crippen LogP contribution in [0.15, 0.2) is 18.2 Å². The Morgan fingerprint density at radius 2 is 2.06 bits per heavy atom. The van der Waals surface area contributed by atoms with E-state index >= 15 is 0 Å². The van der Waals surface area contributed by atoms with Crippen LogP contribution in [0.25, 0.3) is 0 Å². The minimum atomic E-state index is -3.08. The lowest BCUT2D eigenvalue weighted by Crippen LogP contribution is -2.34. The van der Waals surface area contributed by atoms with Gasteiger partial charge in [0.25, 0.3) is 0 Å². The third-order valence-corrected chi connectivity index (χ3v) is 5.13. The van der Waals surface area contributed by atoms with Crippen LogP contribution in [0.4, 0.5) is 10.1 Å². The minimum Gasteiger partial charge on any atom is -0.379 e. The Hall–Kier alpha value is -1.10. The molecule has 2 atom stereocenters. The van der Waals surface area contributed by atoms with Gasteiger partial charge in [0, 0.05) is 12.3 Å². The highest BCUT2D eigenvalue weighted by Gasteiger charge is 2.34. The van der Waals surface area contributed by atoms with Crippen LogP contribution in [-0.4, -0.2) is 26.0 Å². The zero-order valence-electron chi connectivity index (χ0n) is 10.6. The quantitative estimate of drug-likeness (QED) is 0.919. The molecule has 0 amide bonds. The molecule has 1 aromatic carbocycles. The van der Waals surface area contributed by atoms with Crippen molar-refractivity contribution in [1.82, 2.24) is 0 Å². The molecular weight excluding hydrogens is 253 g/mol. The topological polar surface area (TPSA) is 46.2 Å². The molecule has 0 aromatic heterocycles. The highest BCUT2D eigenvalue weighted by atomic mass is 32.2. The molecule has 100 valence electrons. The first-order valence-corrected chi connectivity index (χ1v) is 8.05. The Morgan fingerprint density at radius 1 is 1.33 bits per heavy atom. The van der Waals surface area contributed by atoms with Gasteiger partial charge in [0.2, 0.25) is 0 Å². The van der Waals surface area contributed by atoms with E-state index in [0.717, 1.165) is 18.4 Å². The van der Waals surface area contributed by atoms with Crippen molar-refractivity contribution in [1.29, 1.82) is 0 Å². The predicted octanol–water partition coefficient (Wildman–Crippen LogP) is 2.51. The minimum absolute atomic E-state index is 0.184. The Kier molecular flexibility index (Phi) is 3.61. The van der Waals surface area contributed by atoms with Gasteiger partial charge in [0.15, 0.2) is 9.84 Å². The van der Waals surface area contributed by atoms with E-state index in [1.54, 1.807) is 12.1 Å². The fraction of sp³-hybridized carbons (Fsp3) is 0.538. The van der Waals surface area contributed by atoms with Gasteiger partial charge in [-0.1, -0.05) is 6.07 Å². The molecule has 1 saturated carbocycles. The molecule has 0 bridgehead atoms. The van der Waals surface area contributed by atoms with E-state index in [2.05, 4.69) is 5.32 Å². The highest BCUT2D eigenvalue weighted by molar-refractivity contribution is 7.91. The number of sulfone groups is 1. The number of rotatable bonds is 3. The van der Waals surface area contributed by atoms with E-state index in [1.807, 2.05) is 6.92 Å². The van der Waals surface area contributed by atoms with Gasteiger partial charge in [0.05, 0.1) is 10.9 Å². The number of anilines is 1.